The fourth-order valence-electron chi connectivity index (χ4n) is 1.70. The molecule has 0 aliphatic carbocycles. The molecule has 1 atom stereocenters. The molecule has 1 rings (SSSR count). The summed E-state index contributed by atoms with van der Waals surface area (Å²) in [5, 5.41) is 4.51. The molecule has 0 radical (unpaired) electrons. The number of rotatable bonds is 4. The van der Waals surface area contributed by atoms with Crippen LogP contribution in [0, 0.1) is 5.92 Å². The summed E-state index contributed by atoms with van der Waals surface area (Å²) >= 11 is 4.83. The third-order valence-electron chi connectivity index (χ3n) is 3.01. The van der Waals surface area contributed by atoms with E-state index in [4.69, 9.17) is 12.2 Å². The van der Waals surface area contributed by atoms with E-state index in [2.05, 4.69) is 10.6 Å². The fraction of sp³-hybridized carbons (Fsp3) is 0.429. The van der Waals surface area contributed by atoms with Gasteiger partial charge in [-0.1, -0.05) is 13.8 Å². The number of carbonyl (C=O) groups is 1. The molecule has 0 amide bonds. The summed E-state index contributed by atoms with van der Waals surface area (Å²) in [6, 6.07) is 0.311. The van der Waals surface area contributed by atoms with Gasteiger partial charge in [-0.05, 0) is 36.3 Å². The van der Waals surface area contributed by atoms with Crippen LogP contribution < -0.4 is 10.6 Å². The van der Waals surface area contributed by atoms with Crippen LogP contribution in [0.2, 0.25) is 0 Å². The lowest BCUT2D eigenvalue weighted by Gasteiger charge is -2.20. The van der Waals surface area contributed by atoms with Crippen molar-refractivity contribution < 1.29 is 31.1 Å². The third kappa shape index (κ3) is 5.66. The molecule has 0 aliphatic heterocycles. The molecular weight excluding hydrogens is 358 g/mol. The number of aldehydes is 1. The Labute approximate surface area is 139 Å². The maximum absolute atomic E-state index is 12.8. The highest BCUT2D eigenvalue weighted by molar-refractivity contribution is 7.80. The number of thiocarbonyl (C=S) groups is 1. The molecule has 0 aromatic heterocycles. The molecule has 0 fully saturated rings. The van der Waals surface area contributed by atoms with Crippen LogP contribution in [0.1, 0.15) is 25.0 Å². The molecule has 24 heavy (non-hydrogen) atoms. The van der Waals surface area contributed by atoms with Gasteiger partial charge in [0.1, 0.15) is 6.29 Å². The van der Waals surface area contributed by atoms with E-state index in [1.807, 2.05) is 0 Å². The molecule has 1 aromatic carbocycles. The van der Waals surface area contributed by atoms with Crippen molar-refractivity contribution in [1.29, 1.82) is 0 Å². The molecule has 10 heteroatoms. The Bertz CT molecular complexity index is 580. The van der Waals surface area contributed by atoms with E-state index in [0.29, 0.717) is 18.4 Å². The standard InChI is InChI=1S/C14H14F6N2OS/c1-7(2)11(6-23)22-12(24)21-10-4-8(13(15,16)17)3-9(5-10)14(18,19)20/h3-7,11H,1-2H3,(H2,21,22,24). The lowest BCUT2D eigenvalue weighted by atomic mass is 10.1. The Balaban J connectivity index is 3.10. The number of carbonyl (C=O) groups excluding carboxylic acids is 1. The molecule has 0 spiro atoms. The number of benzene rings is 1. The van der Waals surface area contributed by atoms with Crippen LogP contribution >= 0.6 is 12.2 Å². The van der Waals surface area contributed by atoms with Crippen molar-refractivity contribution in [2.24, 2.45) is 5.92 Å². The van der Waals surface area contributed by atoms with Crippen molar-refractivity contribution >= 4 is 29.3 Å². The molecule has 0 saturated heterocycles. The van der Waals surface area contributed by atoms with Gasteiger partial charge in [0.05, 0.1) is 17.2 Å². The Hall–Kier alpha value is -1.84. The summed E-state index contributed by atoms with van der Waals surface area (Å²) < 4.78 is 76.5. The summed E-state index contributed by atoms with van der Waals surface area (Å²) in [7, 11) is 0. The smallest absolute Gasteiger partial charge is 0.353 e. The van der Waals surface area contributed by atoms with Gasteiger partial charge in [0, 0.05) is 5.69 Å². The molecular formula is C14H14F6N2OS. The van der Waals surface area contributed by atoms with Crippen molar-refractivity contribution in [3.8, 4) is 0 Å². The average Bonchev–Trinajstić information content (AvgIpc) is 2.42. The average molecular weight is 372 g/mol. The van der Waals surface area contributed by atoms with Crippen molar-refractivity contribution in [1.82, 2.24) is 5.32 Å². The van der Waals surface area contributed by atoms with Gasteiger partial charge in [-0.2, -0.15) is 26.3 Å². The third-order valence-corrected chi connectivity index (χ3v) is 3.23. The van der Waals surface area contributed by atoms with E-state index < -0.39 is 35.2 Å². The van der Waals surface area contributed by atoms with Gasteiger partial charge in [-0.25, -0.2) is 0 Å². The maximum atomic E-state index is 12.8. The Kier molecular flexibility index (Phi) is 6.20. The van der Waals surface area contributed by atoms with Gasteiger partial charge in [0.15, 0.2) is 5.11 Å². The van der Waals surface area contributed by atoms with E-state index >= 15 is 0 Å². The first-order chi connectivity index (χ1) is 10.8. The van der Waals surface area contributed by atoms with Gasteiger partial charge < -0.3 is 15.4 Å². The minimum absolute atomic E-state index is 0.0179. The van der Waals surface area contributed by atoms with Crippen LogP contribution in [0.3, 0.4) is 0 Å². The van der Waals surface area contributed by atoms with Gasteiger partial charge in [0.2, 0.25) is 0 Å². The zero-order valence-electron chi connectivity index (χ0n) is 12.5. The molecule has 1 unspecified atom stereocenters. The van der Waals surface area contributed by atoms with Crippen LogP contribution in [0.4, 0.5) is 32.0 Å². The molecule has 2 N–H and O–H groups in total. The van der Waals surface area contributed by atoms with Crippen LogP contribution in [0.5, 0.6) is 0 Å². The van der Waals surface area contributed by atoms with Gasteiger partial charge in [-0.3, -0.25) is 0 Å². The van der Waals surface area contributed by atoms with E-state index in [9.17, 15) is 31.1 Å². The van der Waals surface area contributed by atoms with Gasteiger partial charge in [-0.15, -0.1) is 0 Å². The van der Waals surface area contributed by atoms with Crippen LogP contribution in [0.15, 0.2) is 18.2 Å². The van der Waals surface area contributed by atoms with Gasteiger partial charge >= 0.3 is 12.4 Å². The number of alkyl halides is 6. The number of anilines is 1. The summed E-state index contributed by atoms with van der Waals surface area (Å²) in [6.07, 6.45) is -9.35. The quantitative estimate of drug-likeness (QED) is 0.471. The van der Waals surface area contributed by atoms with Crippen LogP contribution in [-0.4, -0.2) is 17.4 Å². The molecule has 1 aromatic rings. The highest BCUT2D eigenvalue weighted by Gasteiger charge is 2.37. The van der Waals surface area contributed by atoms with E-state index in [1.54, 1.807) is 13.8 Å². The topological polar surface area (TPSA) is 41.1 Å². The predicted octanol–water partition coefficient (Wildman–Crippen LogP) is 4.23. The molecule has 0 aliphatic rings. The summed E-state index contributed by atoms with van der Waals surface area (Å²) in [5.41, 5.74) is -3.40. The normalized spacial score (nSPS) is 13.5. The molecule has 0 heterocycles. The molecule has 134 valence electrons. The predicted molar refractivity (Wildman–Crippen MR) is 80.5 cm³/mol. The van der Waals surface area contributed by atoms with Crippen LogP contribution in [-0.2, 0) is 17.1 Å². The van der Waals surface area contributed by atoms with Crippen molar-refractivity contribution in [3.05, 3.63) is 29.3 Å². The lowest BCUT2D eigenvalue weighted by Crippen LogP contribution is -2.42. The zero-order chi connectivity index (χ0) is 18.7. The molecule has 0 bridgehead atoms. The Morgan fingerprint density at radius 1 is 1.04 bits per heavy atom. The first-order valence-electron chi connectivity index (χ1n) is 6.67. The van der Waals surface area contributed by atoms with Crippen LogP contribution in [0.25, 0.3) is 0 Å². The summed E-state index contributed by atoms with van der Waals surface area (Å²) in [4.78, 5) is 10.9. The van der Waals surface area contributed by atoms with Gasteiger partial charge in [0.25, 0.3) is 0 Å². The zero-order valence-corrected chi connectivity index (χ0v) is 13.4. The van der Waals surface area contributed by atoms with E-state index in [0.717, 1.165) is 0 Å². The SMILES string of the molecule is CC(C)C(C=O)NC(=S)Nc1cc(C(F)(F)F)cc(C(F)(F)F)c1. The monoisotopic (exact) mass is 372 g/mol. The first kappa shape index (κ1) is 20.2. The first-order valence-corrected chi connectivity index (χ1v) is 7.07. The van der Waals surface area contributed by atoms with Crippen molar-refractivity contribution in [3.63, 3.8) is 0 Å². The highest BCUT2D eigenvalue weighted by Crippen LogP contribution is 2.37. The summed E-state index contributed by atoms with van der Waals surface area (Å²) in [5.74, 6) is -0.172. The second-order valence-corrected chi connectivity index (χ2v) is 5.71. The number of hydrogen-bond acceptors (Lipinski definition) is 2. The highest BCUT2D eigenvalue weighted by atomic mass is 32.1. The number of hydrogen-bond donors (Lipinski definition) is 2. The molecule has 3 nitrogen and oxygen atoms in total. The fourth-order valence-corrected chi connectivity index (χ4v) is 1.96. The molecule has 0 saturated carbocycles. The second-order valence-electron chi connectivity index (χ2n) is 5.30. The largest absolute Gasteiger partial charge is 0.416 e. The Morgan fingerprint density at radius 2 is 1.50 bits per heavy atom. The summed E-state index contributed by atoms with van der Waals surface area (Å²) in [6.45, 7) is 3.39. The van der Waals surface area contributed by atoms with Crippen molar-refractivity contribution in [2.75, 3.05) is 5.32 Å². The lowest BCUT2D eigenvalue weighted by molar-refractivity contribution is -0.143. The Morgan fingerprint density at radius 3 is 1.83 bits per heavy atom. The minimum Gasteiger partial charge on any atom is -0.353 e. The maximum Gasteiger partial charge on any atom is 0.416 e. The van der Waals surface area contributed by atoms with E-state index in [1.165, 1.54) is 0 Å². The van der Waals surface area contributed by atoms with Crippen molar-refractivity contribution in [2.45, 2.75) is 32.2 Å². The second kappa shape index (κ2) is 7.37. The number of halogens is 6. The van der Waals surface area contributed by atoms with E-state index in [-0.39, 0.29) is 17.1 Å². The minimum atomic E-state index is -4.95. The number of nitrogens with one attached hydrogen (secondary N) is 2.